The molecule has 0 bridgehead atoms. The third-order valence-electron chi connectivity index (χ3n) is 3.18. The predicted molar refractivity (Wildman–Crippen MR) is 70.1 cm³/mol. The number of ether oxygens (including phenoxy) is 1. The van der Waals surface area contributed by atoms with E-state index in [1.807, 2.05) is 24.3 Å². The van der Waals surface area contributed by atoms with E-state index in [1.54, 1.807) is 7.11 Å². The molecule has 90 valence electrons. The maximum atomic E-state index is 5.12. The lowest BCUT2D eigenvalue weighted by molar-refractivity contribution is 0.274. The van der Waals surface area contributed by atoms with E-state index in [0.717, 1.165) is 18.0 Å². The van der Waals surface area contributed by atoms with Gasteiger partial charge in [0.2, 0.25) is 0 Å². The summed E-state index contributed by atoms with van der Waals surface area (Å²) in [4.78, 5) is 0. The minimum atomic E-state index is 0.347. The van der Waals surface area contributed by atoms with E-state index in [0.29, 0.717) is 11.3 Å². The second kappa shape index (κ2) is 5.24. The number of hydrogen-bond donors (Lipinski definition) is 1. The van der Waals surface area contributed by atoms with Crippen molar-refractivity contribution < 1.29 is 4.74 Å². The van der Waals surface area contributed by atoms with Crippen LogP contribution < -0.4 is 10.1 Å². The second-order valence-corrected chi connectivity index (χ2v) is 5.38. The van der Waals surface area contributed by atoms with Gasteiger partial charge in [-0.3, -0.25) is 0 Å². The number of hydrogen-bond acceptors (Lipinski definition) is 2. The van der Waals surface area contributed by atoms with Crippen LogP contribution in [0, 0.1) is 11.3 Å². The molecule has 0 aromatic heterocycles. The lowest BCUT2D eigenvalue weighted by Crippen LogP contribution is -2.24. The van der Waals surface area contributed by atoms with Crippen molar-refractivity contribution in [3.63, 3.8) is 0 Å². The molecule has 0 fully saturated rings. The van der Waals surface area contributed by atoms with Crippen LogP contribution in [0.1, 0.15) is 27.7 Å². The van der Waals surface area contributed by atoms with Gasteiger partial charge >= 0.3 is 0 Å². The maximum absolute atomic E-state index is 5.12. The van der Waals surface area contributed by atoms with Crippen molar-refractivity contribution in [2.24, 2.45) is 11.3 Å². The lowest BCUT2D eigenvalue weighted by Gasteiger charge is -2.27. The van der Waals surface area contributed by atoms with Crippen LogP contribution in [0.2, 0.25) is 0 Å². The molecule has 0 heterocycles. The molecular weight excluding hydrogens is 198 g/mol. The van der Waals surface area contributed by atoms with Gasteiger partial charge in [-0.25, -0.2) is 0 Å². The molecule has 1 aromatic carbocycles. The minimum absolute atomic E-state index is 0.347. The predicted octanol–water partition coefficient (Wildman–Crippen LogP) is 3.79. The zero-order chi connectivity index (χ0) is 12.2. The highest BCUT2D eigenvalue weighted by Crippen LogP contribution is 2.25. The Balaban J connectivity index is 2.48. The average molecular weight is 221 g/mol. The molecule has 16 heavy (non-hydrogen) atoms. The van der Waals surface area contributed by atoms with E-state index in [4.69, 9.17) is 4.74 Å². The quantitative estimate of drug-likeness (QED) is 0.835. The van der Waals surface area contributed by atoms with Crippen LogP contribution in [0.3, 0.4) is 0 Å². The Labute approximate surface area is 99.0 Å². The summed E-state index contributed by atoms with van der Waals surface area (Å²) in [5.74, 6) is 1.53. The summed E-state index contributed by atoms with van der Waals surface area (Å²) in [5, 5.41) is 3.45. The van der Waals surface area contributed by atoms with Gasteiger partial charge in [-0.2, -0.15) is 0 Å². The Bertz CT molecular complexity index is 311. The number of rotatable bonds is 4. The first kappa shape index (κ1) is 12.9. The van der Waals surface area contributed by atoms with E-state index >= 15 is 0 Å². The van der Waals surface area contributed by atoms with Crippen LogP contribution in [-0.4, -0.2) is 13.7 Å². The van der Waals surface area contributed by atoms with Gasteiger partial charge in [0.1, 0.15) is 5.75 Å². The van der Waals surface area contributed by atoms with E-state index in [2.05, 4.69) is 33.0 Å². The van der Waals surface area contributed by atoms with Gasteiger partial charge < -0.3 is 10.1 Å². The SMILES string of the molecule is COc1ccc(NC[C@H](C)C(C)(C)C)cc1. The van der Waals surface area contributed by atoms with Gasteiger partial charge in [0.15, 0.2) is 0 Å². The molecular formula is C14H23NO. The summed E-state index contributed by atoms with van der Waals surface area (Å²) < 4.78 is 5.12. The molecule has 0 unspecified atom stereocenters. The van der Waals surface area contributed by atoms with Crippen molar-refractivity contribution in [3.05, 3.63) is 24.3 Å². The zero-order valence-corrected chi connectivity index (χ0v) is 11.0. The van der Waals surface area contributed by atoms with E-state index in [1.165, 1.54) is 0 Å². The summed E-state index contributed by atoms with van der Waals surface area (Å²) in [7, 11) is 1.68. The fraction of sp³-hybridized carbons (Fsp3) is 0.571. The second-order valence-electron chi connectivity index (χ2n) is 5.38. The standard InChI is InChI=1S/C14H23NO/c1-11(14(2,3)4)10-15-12-6-8-13(16-5)9-7-12/h6-9,11,15H,10H2,1-5H3/t11-/m0/s1. The van der Waals surface area contributed by atoms with Crippen LogP contribution in [-0.2, 0) is 0 Å². The van der Waals surface area contributed by atoms with Crippen LogP contribution in [0.25, 0.3) is 0 Å². The number of nitrogens with one attached hydrogen (secondary N) is 1. The third kappa shape index (κ3) is 3.76. The summed E-state index contributed by atoms with van der Waals surface area (Å²) in [6.45, 7) is 10.1. The Morgan fingerprint density at radius 1 is 1.19 bits per heavy atom. The highest BCUT2D eigenvalue weighted by Gasteiger charge is 2.19. The van der Waals surface area contributed by atoms with Crippen LogP contribution in [0.4, 0.5) is 5.69 Å². The van der Waals surface area contributed by atoms with Crippen molar-refractivity contribution in [2.75, 3.05) is 19.0 Å². The van der Waals surface area contributed by atoms with Gasteiger partial charge in [-0.05, 0) is 35.6 Å². The molecule has 0 radical (unpaired) electrons. The van der Waals surface area contributed by atoms with Crippen molar-refractivity contribution >= 4 is 5.69 Å². The maximum Gasteiger partial charge on any atom is 0.119 e. The molecule has 2 heteroatoms. The molecule has 0 saturated carbocycles. The smallest absolute Gasteiger partial charge is 0.119 e. The topological polar surface area (TPSA) is 21.3 Å². The Morgan fingerprint density at radius 2 is 1.75 bits per heavy atom. The largest absolute Gasteiger partial charge is 0.497 e. The molecule has 0 spiro atoms. The lowest BCUT2D eigenvalue weighted by atomic mass is 9.82. The van der Waals surface area contributed by atoms with Crippen molar-refractivity contribution in [3.8, 4) is 5.75 Å². The van der Waals surface area contributed by atoms with Crippen molar-refractivity contribution in [1.82, 2.24) is 0 Å². The molecule has 1 aromatic rings. The summed E-state index contributed by atoms with van der Waals surface area (Å²) in [6, 6.07) is 8.05. The summed E-state index contributed by atoms with van der Waals surface area (Å²) in [6.07, 6.45) is 0. The first-order chi connectivity index (χ1) is 7.43. The molecule has 2 nitrogen and oxygen atoms in total. The average Bonchev–Trinajstić information content (AvgIpc) is 2.25. The van der Waals surface area contributed by atoms with Crippen LogP contribution in [0.15, 0.2) is 24.3 Å². The molecule has 0 aliphatic carbocycles. The van der Waals surface area contributed by atoms with Gasteiger partial charge in [-0.15, -0.1) is 0 Å². The molecule has 1 rings (SSSR count). The molecule has 1 atom stereocenters. The third-order valence-corrected chi connectivity index (χ3v) is 3.18. The van der Waals surface area contributed by atoms with Crippen LogP contribution >= 0.6 is 0 Å². The van der Waals surface area contributed by atoms with Gasteiger partial charge in [-0.1, -0.05) is 27.7 Å². The fourth-order valence-corrected chi connectivity index (χ4v) is 1.29. The molecule has 1 N–H and O–H groups in total. The number of benzene rings is 1. The van der Waals surface area contributed by atoms with Crippen molar-refractivity contribution in [2.45, 2.75) is 27.7 Å². The van der Waals surface area contributed by atoms with E-state index < -0.39 is 0 Å². The monoisotopic (exact) mass is 221 g/mol. The Morgan fingerprint density at radius 3 is 2.19 bits per heavy atom. The zero-order valence-electron chi connectivity index (χ0n) is 11.0. The summed E-state index contributed by atoms with van der Waals surface area (Å²) in [5.41, 5.74) is 1.50. The van der Waals surface area contributed by atoms with Crippen molar-refractivity contribution in [1.29, 1.82) is 0 Å². The Kier molecular flexibility index (Phi) is 4.22. The van der Waals surface area contributed by atoms with Gasteiger partial charge in [0.05, 0.1) is 7.11 Å². The minimum Gasteiger partial charge on any atom is -0.497 e. The fourth-order valence-electron chi connectivity index (χ4n) is 1.29. The van der Waals surface area contributed by atoms with E-state index in [9.17, 15) is 0 Å². The van der Waals surface area contributed by atoms with Gasteiger partial charge in [0.25, 0.3) is 0 Å². The van der Waals surface area contributed by atoms with Crippen LogP contribution in [0.5, 0.6) is 5.75 Å². The first-order valence-electron chi connectivity index (χ1n) is 5.81. The molecule has 0 aliphatic rings. The highest BCUT2D eigenvalue weighted by atomic mass is 16.5. The number of anilines is 1. The normalized spacial score (nSPS) is 13.3. The number of methoxy groups -OCH3 is 1. The van der Waals surface area contributed by atoms with E-state index in [-0.39, 0.29) is 0 Å². The Hall–Kier alpha value is -1.18. The molecule has 0 amide bonds. The first-order valence-corrected chi connectivity index (χ1v) is 5.81. The molecule has 0 saturated heterocycles. The summed E-state index contributed by atoms with van der Waals surface area (Å²) >= 11 is 0. The van der Waals surface area contributed by atoms with Gasteiger partial charge in [0, 0.05) is 12.2 Å². The molecule has 0 aliphatic heterocycles. The highest BCUT2D eigenvalue weighted by molar-refractivity contribution is 5.46.